The topological polar surface area (TPSA) is 152 Å². The minimum absolute atomic E-state index is 0.00390. The molecule has 2 aromatic rings. The molecule has 1 atom stereocenters. The molecule has 0 radical (unpaired) electrons. The van der Waals surface area contributed by atoms with E-state index in [0.29, 0.717) is 17.5 Å². The molecule has 10 nitrogen and oxygen atoms in total. The second-order valence-corrected chi connectivity index (χ2v) is 8.54. The largest absolute Gasteiger partial charge is 0.417 e. The molecule has 18 heteroatoms. The lowest BCUT2D eigenvalue weighted by molar-refractivity contribution is -0.137. The van der Waals surface area contributed by atoms with E-state index in [9.17, 15) is 40.3 Å². The maximum atomic E-state index is 14.3. The lowest BCUT2D eigenvalue weighted by Crippen LogP contribution is -2.36. The quantitative estimate of drug-likeness (QED) is 0.141. The molecular weight excluding hydrogens is 537 g/mol. The molecule has 204 valence electrons. The van der Waals surface area contributed by atoms with Crippen LogP contribution < -0.4 is 22.2 Å². The van der Waals surface area contributed by atoms with Gasteiger partial charge in [-0.1, -0.05) is 11.3 Å². The van der Waals surface area contributed by atoms with Crippen LogP contribution in [0.2, 0.25) is 0 Å². The van der Waals surface area contributed by atoms with Gasteiger partial charge < -0.3 is 21.4 Å². The van der Waals surface area contributed by atoms with E-state index in [1.54, 1.807) is 5.32 Å². The average molecular weight is 558 g/mol. The molecule has 0 aliphatic rings. The Balaban J connectivity index is 1.79. The Hall–Kier alpha value is -3.54. The summed E-state index contributed by atoms with van der Waals surface area (Å²) < 4.78 is 88.9. The zero-order chi connectivity index (χ0) is 27.8. The number of aryl methyl sites for hydroxylation is 1. The van der Waals surface area contributed by atoms with Crippen molar-refractivity contribution >= 4 is 23.2 Å². The normalized spacial score (nSPS) is 13.2. The number of hydrogen-bond donors (Lipinski definition) is 4. The monoisotopic (exact) mass is 558 g/mol. The number of pyridine rings is 1. The first kappa shape index (κ1) is 29.7. The highest BCUT2D eigenvalue weighted by Gasteiger charge is 2.31. The van der Waals surface area contributed by atoms with Crippen LogP contribution in [0.4, 0.5) is 30.7 Å². The molecule has 0 aliphatic carbocycles. The van der Waals surface area contributed by atoms with Gasteiger partial charge in [-0.3, -0.25) is 14.6 Å². The summed E-state index contributed by atoms with van der Waals surface area (Å²) in [5.74, 6) is 3.69. The summed E-state index contributed by atoms with van der Waals surface area (Å²) in [6.07, 6.45) is -8.18. The summed E-state index contributed by atoms with van der Waals surface area (Å²) in [6, 6.07) is 0.812. The van der Waals surface area contributed by atoms with Gasteiger partial charge in [-0.2, -0.15) is 26.3 Å². The minimum atomic E-state index is -4.60. The third-order valence-electron chi connectivity index (χ3n) is 4.33. The molecule has 2 aromatic heterocycles. The van der Waals surface area contributed by atoms with Gasteiger partial charge in [0.05, 0.1) is 12.1 Å². The Morgan fingerprint density at radius 3 is 2.49 bits per heavy atom. The third kappa shape index (κ3) is 10.5. The maximum absolute atomic E-state index is 14.3. The highest BCUT2D eigenvalue weighted by molar-refractivity contribution is 7.13. The maximum Gasteiger partial charge on any atom is 0.417 e. The van der Waals surface area contributed by atoms with Crippen LogP contribution in [0.15, 0.2) is 30.4 Å². The number of hydrogen-bond acceptors (Lipinski definition) is 9. The lowest BCUT2D eigenvalue weighted by Gasteiger charge is -2.17. The first-order valence-corrected chi connectivity index (χ1v) is 11.0. The summed E-state index contributed by atoms with van der Waals surface area (Å²) in [5.41, 5.74) is 4.24. The number of amides is 2. The molecule has 37 heavy (non-hydrogen) atoms. The Kier molecular flexibility index (Phi) is 10.1. The predicted molar refractivity (Wildman–Crippen MR) is 116 cm³/mol. The van der Waals surface area contributed by atoms with Crippen LogP contribution in [0.25, 0.3) is 0 Å². The molecular formula is C19H21F7N8O2S. The van der Waals surface area contributed by atoms with E-state index < -0.39 is 54.7 Å². The summed E-state index contributed by atoms with van der Waals surface area (Å²) in [4.78, 5) is 27.2. The Morgan fingerprint density at radius 1 is 1.14 bits per heavy atom. The first-order chi connectivity index (χ1) is 17.1. The number of nitrogens with one attached hydrogen (secondary N) is 2. The van der Waals surface area contributed by atoms with Gasteiger partial charge in [-0.25, -0.2) is 10.2 Å². The number of nitrogens with two attached hydrogens (primary N) is 2. The van der Waals surface area contributed by atoms with Crippen LogP contribution in [-0.4, -0.2) is 57.4 Å². The molecule has 0 bridgehead atoms. The van der Waals surface area contributed by atoms with Gasteiger partial charge in [0.2, 0.25) is 5.01 Å². The van der Waals surface area contributed by atoms with Crippen LogP contribution in [-0.2, 0) is 23.9 Å². The van der Waals surface area contributed by atoms with Crippen LogP contribution in [0.5, 0.6) is 0 Å². The number of alkyl halides is 7. The van der Waals surface area contributed by atoms with Crippen molar-refractivity contribution in [3.63, 3.8) is 0 Å². The van der Waals surface area contributed by atoms with Crippen LogP contribution in [0.3, 0.4) is 0 Å². The number of nitrogens with zero attached hydrogens (tertiary/aromatic N) is 4. The van der Waals surface area contributed by atoms with E-state index in [4.69, 9.17) is 11.6 Å². The summed E-state index contributed by atoms with van der Waals surface area (Å²) in [7, 11) is 0. The van der Waals surface area contributed by atoms with Crippen molar-refractivity contribution in [1.82, 2.24) is 30.8 Å². The smallest absolute Gasteiger partial charge is 0.393 e. The van der Waals surface area contributed by atoms with Crippen molar-refractivity contribution in [1.29, 1.82) is 0 Å². The summed E-state index contributed by atoms with van der Waals surface area (Å²) in [5, 5.41) is 11.7. The molecule has 0 aliphatic heterocycles. The number of rotatable bonds is 11. The highest BCUT2D eigenvalue weighted by atomic mass is 32.1. The van der Waals surface area contributed by atoms with E-state index in [2.05, 4.69) is 20.5 Å². The molecule has 1 unspecified atom stereocenters. The van der Waals surface area contributed by atoms with Gasteiger partial charge in [0, 0.05) is 31.6 Å². The molecule has 2 heterocycles. The van der Waals surface area contributed by atoms with E-state index in [1.165, 1.54) is 0 Å². The van der Waals surface area contributed by atoms with Gasteiger partial charge in [-0.15, -0.1) is 10.2 Å². The lowest BCUT2D eigenvalue weighted by atomic mass is 10.2. The second kappa shape index (κ2) is 12.6. The van der Waals surface area contributed by atoms with Gasteiger partial charge in [0.25, 0.3) is 11.8 Å². The molecule has 0 spiro atoms. The number of halogens is 7. The predicted octanol–water partition coefficient (Wildman–Crippen LogP) is 1.81. The fraction of sp³-hybridized carbons (Fsp3) is 0.421. The number of carbonyl (C=O) groups is 2. The Morgan fingerprint density at radius 2 is 1.84 bits per heavy atom. The number of aromatic nitrogens is 3. The SMILES string of the molecule is N/C(=C\N(N)CC(F)CCc1nnc(C(=O)NCC(F)(F)F)s1)C(=O)NCc1cncc(C(F)(F)F)c1. The highest BCUT2D eigenvalue weighted by Crippen LogP contribution is 2.28. The molecule has 0 saturated heterocycles. The van der Waals surface area contributed by atoms with Gasteiger partial charge in [-0.05, 0) is 18.1 Å². The fourth-order valence-corrected chi connectivity index (χ4v) is 3.39. The molecule has 0 saturated carbocycles. The number of hydrazine groups is 1. The third-order valence-corrected chi connectivity index (χ3v) is 5.32. The second-order valence-electron chi connectivity index (χ2n) is 7.48. The van der Waals surface area contributed by atoms with Crippen molar-refractivity contribution in [2.45, 2.75) is 37.9 Å². The van der Waals surface area contributed by atoms with Crippen molar-refractivity contribution in [2.24, 2.45) is 11.6 Å². The Bertz CT molecular complexity index is 1110. The standard InChI is InChI=1S/C19H21F7N8O2S/c20-12(1-2-14-32-33-17(37-14)16(36)31-9-18(21,22)23)7-34(28)8-13(27)15(35)30-5-10-3-11(6-29-4-10)19(24,25)26/h3-4,6,8,12H,1-2,5,7,9,27-28H2,(H,30,35)(H,31,36)/b13-8-. The van der Waals surface area contributed by atoms with Gasteiger partial charge in [0.1, 0.15) is 23.4 Å². The van der Waals surface area contributed by atoms with Crippen molar-refractivity contribution < 1.29 is 40.3 Å². The van der Waals surface area contributed by atoms with Crippen LogP contribution in [0.1, 0.15) is 32.4 Å². The van der Waals surface area contributed by atoms with E-state index in [1.807, 2.05) is 0 Å². The fourth-order valence-electron chi connectivity index (χ4n) is 2.62. The molecule has 0 aromatic carbocycles. The molecule has 0 fully saturated rings. The summed E-state index contributed by atoms with van der Waals surface area (Å²) >= 11 is 0.708. The van der Waals surface area contributed by atoms with Crippen molar-refractivity contribution in [3.05, 3.63) is 51.5 Å². The van der Waals surface area contributed by atoms with Crippen molar-refractivity contribution in [2.75, 3.05) is 13.1 Å². The van der Waals surface area contributed by atoms with Crippen LogP contribution in [0, 0.1) is 0 Å². The average Bonchev–Trinajstić information content (AvgIpc) is 3.28. The molecule has 6 N–H and O–H groups in total. The number of carbonyl (C=O) groups excluding carboxylic acids is 2. The van der Waals surface area contributed by atoms with Gasteiger partial charge in [0.15, 0.2) is 0 Å². The summed E-state index contributed by atoms with van der Waals surface area (Å²) in [6.45, 7) is -2.25. The zero-order valence-corrected chi connectivity index (χ0v) is 19.6. The van der Waals surface area contributed by atoms with Crippen molar-refractivity contribution in [3.8, 4) is 0 Å². The van der Waals surface area contributed by atoms with E-state index >= 15 is 0 Å². The molecule has 2 amide bonds. The van der Waals surface area contributed by atoms with Crippen LogP contribution >= 0.6 is 11.3 Å². The molecule has 2 rings (SSSR count). The van der Waals surface area contributed by atoms with Gasteiger partial charge >= 0.3 is 12.4 Å². The van der Waals surface area contributed by atoms with E-state index in [0.717, 1.165) is 23.5 Å². The Labute approximate surface area is 208 Å². The first-order valence-electron chi connectivity index (χ1n) is 10.2. The zero-order valence-electron chi connectivity index (χ0n) is 18.7. The minimum Gasteiger partial charge on any atom is -0.393 e. The van der Waals surface area contributed by atoms with E-state index in [-0.39, 0.29) is 35.0 Å².